The van der Waals surface area contributed by atoms with Gasteiger partial charge in [0, 0.05) is 5.92 Å². The van der Waals surface area contributed by atoms with Crippen LogP contribution in [0.2, 0.25) is 0 Å². The van der Waals surface area contributed by atoms with Gasteiger partial charge in [0.25, 0.3) is 0 Å². The Morgan fingerprint density at radius 1 is 1.13 bits per heavy atom. The molecule has 1 aromatic heterocycles. The van der Waals surface area contributed by atoms with Gasteiger partial charge in [0.15, 0.2) is 0 Å². The molecule has 124 valence electrons. The molecule has 1 aliphatic carbocycles. The Morgan fingerprint density at radius 2 is 1.83 bits per heavy atom. The average molecular weight is 352 g/mol. The van der Waals surface area contributed by atoms with Gasteiger partial charge in [-0.1, -0.05) is 49.6 Å². The highest BCUT2D eigenvalue weighted by atomic mass is 32.2. The van der Waals surface area contributed by atoms with E-state index in [0.717, 1.165) is 49.4 Å². The molecule has 0 spiro atoms. The van der Waals surface area contributed by atoms with Gasteiger partial charge in [-0.3, -0.25) is 4.55 Å². The first-order chi connectivity index (χ1) is 11.1. The number of hydrogen-bond donors (Lipinski definition) is 1. The van der Waals surface area contributed by atoms with E-state index in [2.05, 4.69) is 8.75 Å². The molecule has 23 heavy (non-hydrogen) atoms. The van der Waals surface area contributed by atoms with Crippen LogP contribution in [0.5, 0.6) is 0 Å². The molecule has 0 aliphatic heterocycles. The van der Waals surface area contributed by atoms with Gasteiger partial charge in [0.1, 0.15) is 0 Å². The predicted molar refractivity (Wildman–Crippen MR) is 89.2 cm³/mol. The van der Waals surface area contributed by atoms with E-state index in [1.54, 1.807) is 0 Å². The van der Waals surface area contributed by atoms with Crippen LogP contribution in [0.4, 0.5) is 0 Å². The molecule has 5 nitrogen and oxygen atoms in total. The van der Waals surface area contributed by atoms with E-state index < -0.39 is 10.1 Å². The lowest BCUT2D eigenvalue weighted by Gasteiger charge is -2.29. The van der Waals surface area contributed by atoms with Crippen LogP contribution in [0.15, 0.2) is 35.4 Å². The molecule has 1 atom stereocenters. The summed E-state index contributed by atoms with van der Waals surface area (Å²) in [5.74, 6) is 0.363. The summed E-state index contributed by atoms with van der Waals surface area (Å²) in [6.45, 7) is 0. The molecule has 7 heteroatoms. The minimum Gasteiger partial charge on any atom is -0.281 e. The summed E-state index contributed by atoms with van der Waals surface area (Å²) < 4.78 is 40.8. The normalized spacial score (nSPS) is 18.0. The van der Waals surface area contributed by atoms with Crippen molar-refractivity contribution in [2.75, 3.05) is 0 Å². The number of aromatic nitrogens is 2. The van der Waals surface area contributed by atoms with Crippen LogP contribution in [0.3, 0.4) is 0 Å². The van der Waals surface area contributed by atoms with Gasteiger partial charge in [0.05, 0.1) is 17.4 Å². The summed E-state index contributed by atoms with van der Waals surface area (Å²) in [6, 6.07) is 10.0. The second-order valence-electron chi connectivity index (χ2n) is 6.12. The molecule has 1 saturated carbocycles. The first kappa shape index (κ1) is 16.5. The zero-order valence-corrected chi connectivity index (χ0v) is 14.4. The van der Waals surface area contributed by atoms with Crippen molar-refractivity contribution in [2.24, 2.45) is 5.92 Å². The third-order valence-electron chi connectivity index (χ3n) is 4.59. The molecule has 1 N–H and O–H groups in total. The maximum atomic E-state index is 11.6. The van der Waals surface area contributed by atoms with Gasteiger partial charge in [-0.15, -0.1) is 0 Å². The smallest absolute Gasteiger partial charge is 0.281 e. The van der Waals surface area contributed by atoms with Crippen molar-refractivity contribution < 1.29 is 13.0 Å². The summed E-state index contributed by atoms with van der Waals surface area (Å²) in [7, 11) is -4.33. The van der Waals surface area contributed by atoms with Gasteiger partial charge < -0.3 is 0 Å². The fraction of sp³-hybridized carbons (Fsp3) is 0.500. The molecule has 1 fully saturated rings. The third-order valence-corrected chi connectivity index (χ3v) is 6.04. The van der Waals surface area contributed by atoms with E-state index in [4.69, 9.17) is 0 Å². The first-order valence-corrected chi connectivity index (χ1v) is 10.1. The molecule has 0 radical (unpaired) electrons. The van der Waals surface area contributed by atoms with E-state index in [1.807, 2.05) is 30.3 Å². The van der Waals surface area contributed by atoms with Gasteiger partial charge in [-0.25, -0.2) is 0 Å². The van der Waals surface area contributed by atoms with Crippen molar-refractivity contribution in [2.45, 2.75) is 49.5 Å². The van der Waals surface area contributed by atoms with Crippen molar-refractivity contribution in [1.29, 1.82) is 0 Å². The zero-order valence-electron chi connectivity index (χ0n) is 12.8. The van der Waals surface area contributed by atoms with E-state index in [0.29, 0.717) is 11.6 Å². The van der Waals surface area contributed by atoms with E-state index in [1.165, 1.54) is 6.42 Å². The van der Waals surface area contributed by atoms with Gasteiger partial charge in [0.2, 0.25) is 5.03 Å². The molecule has 1 aliphatic rings. The summed E-state index contributed by atoms with van der Waals surface area (Å²) in [4.78, 5) is 0. The second-order valence-corrected chi connectivity index (χ2v) is 7.99. The number of rotatable bonds is 5. The summed E-state index contributed by atoms with van der Waals surface area (Å²) in [5, 5.41) is -0.256. The molecule has 0 saturated heterocycles. The minimum atomic E-state index is -4.33. The van der Waals surface area contributed by atoms with E-state index in [9.17, 15) is 13.0 Å². The van der Waals surface area contributed by atoms with Gasteiger partial charge in [-0.2, -0.15) is 17.2 Å². The predicted octanol–water partition coefficient (Wildman–Crippen LogP) is 3.69. The lowest BCUT2D eigenvalue weighted by molar-refractivity contribution is 0.296. The van der Waals surface area contributed by atoms with Crippen LogP contribution in [-0.4, -0.2) is 21.7 Å². The standard InChI is InChI=1S/C16H20N2O3S2/c19-23(20,21)16-15(17-22-18-16)14(13-9-5-2-6-10-13)11-12-7-3-1-4-8-12/h1,3-4,7-8,13-14H,2,5-6,9-11H2,(H,19,20,21). The Morgan fingerprint density at radius 3 is 2.48 bits per heavy atom. The Labute approximate surface area is 140 Å². The van der Waals surface area contributed by atoms with Crippen LogP contribution in [0, 0.1) is 5.92 Å². The summed E-state index contributed by atoms with van der Waals surface area (Å²) >= 11 is 0.857. The monoisotopic (exact) mass is 352 g/mol. The average Bonchev–Trinajstić information content (AvgIpc) is 3.04. The van der Waals surface area contributed by atoms with Crippen molar-refractivity contribution in [3.05, 3.63) is 41.6 Å². The van der Waals surface area contributed by atoms with Crippen molar-refractivity contribution in [3.63, 3.8) is 0 Å². The largest absolute Gasteiger partial charge is 0.315 e. The molecule has 1 unspecified atom stereocenters. The van der Waals surface area contributed by atoms with Crippen molar-refractivity contribution in [1.82, 2.24) is 8.75 Å². The lowest BCUT2D eigenvalue weighted by Crippen LogP contribution is -2.21. The van der Waals surface area contributed by atoms with E-state index in [-0.39, 0.29) is 10.9 Å². The van der Waals surface area contributed by atoms with Crippen molar-refractivity contribution in [3.8, 4) is 0 Å². The summed E-state index contributed by atoms with van der Waals surface area (Å²) in [6.07, 6.45) is 6.41. The molecule has 1 aromatic carbocycles. The molecule has 0 bridgehead atoms. The topological polar surface area (TPSA) is 80.2 Å². The van der Waals surface area contributed by atoms with Crippen LogP contribution in [0.1, 0.15) is 49.3 Å². The minimum absolute atomic E-state index is 0.0200. The first-order valence-electron chi connectivity index (χ1n) is 7.89. The third kappa shape index (κ3) is 3.97. The number of hydrogen-bond acceptors (Lipinski definition) is 5. The highest BCUT2D eigenvalue weighted by molar-refractivity contribution is 7.85. The van der Waals surface area contributed by atoms with Crippen molar-refractivity contribution >= 4 is 21.8 Å². The van der Waals surface area contributed by atoms with Gasteiger partial charge in [-0.05, 0) is 30.7 Å². The Balaban J connectivity index is 1.96. The maximum Gasteiger partial charge on any atom is 0.315 e. The second kappa shape index (κ2) is 7.07. The number of benzene rings is 1. The zero-order chi connectivity index (χ0) is 16.3. The van der Waals surface area contributed by atoms with Crippen LogP contribution in [0.25, 0.3) is 0 Å². The molecule has 2 aromatic rings. The molecule has 0 amide bonds. The van der Waals surface area contributed by atoms with Crippen LogP contribution < -0.4 is 0 Å². The van der Waals surface area contributed by atoms with Gasteiger partial charge >= 0.3 is 10.1 Å². The Bertz CT molecular complexity index is 738. The number of nitrogens with zero attached hydrogens (tertiary/aromatic N) is 2. The lowest BCUT2D eigenvalue weighted by atomic mass is 9.76. The fourth-order valence-electron chi connectivity index (χ4n) is 3.48. The fourth-order valence-corrected chi connectivity index (χ4v) is 5.00. The van der Waals surface area contributed by atoms with Crippen LogP contribution in [-0.2, 0) is 16.5 Å². The molecular formula is C16H20N2O3S2. The van der Waals surface area contributed by atoms with E-state index >= 15 is 0 Å². The molecule has 3 rings (SSSR count). The quantitative estimate of drug-likeness (QED) is 0.830. The Kier molecular flexibility index (Phi) is 5.08. The van der Waals surface area contributed by atoms with Crippen LogP contribution >= 0.6 is 11.7 Å². The molecular weight excluding hydrogens is 332 g/mol. The maximum absolute atomic E-state index is 11.6. The summed E-state index contributed by atoms with van der Waals surface area (Å²) in [5.41, 5.74) is 1.59. The SMILES string of the molecule is O=S(=O)(O)c1nsnc1C(Cc1ccccc1)C1CCCCC1. The highest BCUT2D eigenvalue weighted by Gasteiger charge is 2.33. The highest BCUT2D eigenvalue weighted by Crippen LogP contribution is 2.39. The molecule has 1 heterocycles. The Hall–Kier alpha value is -1.31.